The molecule has 1 saturated heterocycles. The number of aryl methyl sites for hydroxylation is 1. The van der Waals surface area contributed by atoms with Gasteiger partial charge in [-0.1, -0.05) is 6.92 Å². The summed E-state index contributed by atoms with van der Waals surface area (Å²) in [5, 5.41) is 3.48. The lowest BCUT2D eigenvalue weighted by Crippen LogP contribution is -2.35. The summed E-state index contributed by atoms with van der Waals surface area (Å²) in [6.07, 6.45) is 2.99. The summed E-state index contributed by atoms with van der Waals surface area (Å²) >= 11 is 1.50. The maximum atomic E-state index is 12.1. The summed E-state index contributed by atoms with van der Waals surface area (Å²) in [5.41, 5.74) is 1.12. The number of hydrogen-bond donors (Lipinski definition) is 0. The first-order chi connectivity index (χ1) is 7.33. The molecular formula is C11H15NO2S. The summed E-state index contributed by atoms with van der Waals surface area (Å²) in [6.45, 7) is 3.45. The fraction of sp³-hybridized carbons (Fsp3) is 0.545. The second-order valence-corrected chi connectivity index (χ2v) is 4.49. The maximum absolute atomic E-state index is 12.1. The van der Waals surface area contributed by atoms with Crippen LogP contribution in [0.1, 0.15) is 35.0 Å². The quantitative estimate of drug-likeness (QED) is 0.774. The van der Waals surface area contributed by atoms with E-state index in [9.17, 15) is 4.79 Å². The molecular weight excluding hydrogens is 210 g/mol. The highest BCUT2D eigenvalue weighted by Crippen LogP contribution is 2.21. The molecule has 1 aromatic heterocycles. The standard InChI is InChI=1S/C11H15NO2S/c1-2-9-5-8-15-10(9)11(13)12-6-3-4-7-14-12/h5,8H,2-4,6-7H2,1H3. The van der Waals surface area contributed by atoms with Gasteiger partial charge in [0.1, 0.15) is 0 Å². The molecule has 1 aliphatic rings. The van der Waals surface area contributed by atoms with E-state index in [1.54, 1.807) is 0 Å². The van der Waals surface area contributed by atoms with Crippen molar-refractivity contribution in [3.05, 3.63) is 21.9 Å². The molecule has 2 rings (SSSR count). The van der Waals surface area contributed by atoms with E-state index in [0.29, 0.717) is 6.61 Å². The van der Waals surface area contributed by atoms with Crippen LogP contribution >= 0.6 is 11.3 Å². The summed E-state index contributed by atoms with van der Waals surface area (Å²) in [5.74, 6) is 0.0292. The Labute approximate surface area is 93.6 Å². The van der Waals surface area contributed by atoms with E-state index in [-0.39, 0.29) is 5.91 Å². The molecule has 3 nitrogen and oxygen atoms in total. The van der Waals surface area contributed by atoms with Crippen molar-refractivity contribution < 1.29 is 9.63 Å². The van der Waals surface area contributed by atoms with Crippen molar-refractivity contribution in [3.8, 4) is 0 Å². The SMILES string of the molecule is CCc1ccsc1C(=O)N1CCCCO1. The molecule has 0 radical (unpaired) electrons. The van der Waals surface area contributed by atoms with Crippen LogP contribution in [0.3, 0.4) is 0 Å². The van der Waals surface area contributed by atoms with Gasteiger partial charge >= 0.3 is 0 Å². The minimum atomic E-state index is 0.0292. The molecule has 82 valence electrons. The summed E-state index contributed by atoms with van der Waals surface area (Å²) < 4.78 is 0. The lowest BCUT2D eigenvalue weighted by atomic mass is 10.2. The average Bonchev–Trinajstić information content (AvgIpc) is 2.77. The van der Waals surface area contributed by atoms with Gasteiger partial charge in [-0.25, -0.2) is 5.06 Å². The van der Waals surface area contributed by atoms with Crippen molar-refractivity contribution in [2.24, 2.45) is 0 Å². The van der Waals surface area contributed by atoms with Gasteiger partial charge in [0, 0.05) is 6.54 Å². The van der Waals surface area contributed by atoms with Crippen LogP contribution in [0.15, 0.2) is 11.4 Å². The van der Waals surface area contributed by atoms with Crippen LogP contribution in [0.2, 0.25) is 0 Å². The monoisotopic (exact) mass is 225 g/mol. The zero-order valence-electron chi connectivity index (χ0n) is 8.86. The Kier molecular flexibility index (Phi) is 3.38. The van der Waals surface area contributed by atoms with Crippen LogP contribution in [0.4, 0.5) is 0 Å². The van der Waals surface area contributed by atoms with E-state index in [4.69, 9.17) is 4.84 Å². The fourth-order valence-electron chi connectivity index (χ4n) is 1.67. The van der Waals surface area contributed by atoms with Gasteiger partial charge in [-0.3, -0.25) is 9.63 Å². The highest BCUT2D eigenvalue weighted by atomic mass is 32.1. The average molecular weight is 225 g/mol. The molecule has 1 fully saturated rings. The molecule has 0 aliphatic carbocycles. The summed E-state index contributed by atoms with van der Waals surface area (Å²) in [6, 6.07) is 2.02. The first-order valence-electron chi connectivity index (χ1n) is 5.34. The Bertz CT molecular complexity index is 342. The topological polar surface area (TPSA) is 29.5 Å². The molecule has 0 saturated carbocycles. The van der Waals surface area contributed by atoms with Crippen LogP contribution < -0.4 is 0 Å². The smallest absolute Gasteiger partial charge is 0.271 e. The minimum Gasteiger partial charge on any atom is -0.271 e. The molecule has 0 atom stereocenters. The van der Waals surface area contributed by atoms with Crippen molar-refractivity contribution >= 4 is 17.2 Å². The zero-order chi connectivity index (χ0) is 10.7. The van der Waals surface area contributed by atoms with Gasteiger partial charge in [-0.2, -0.15) is 0 Å². The molecule has 0 spiro atoms. The number of carbonyl (C=O) groups excluding carboxylic acids is 1. The van der Waals surface area contributed by atoms with Gasteiger partial charge in [0.15, 0.2) is 0 Å². The number of nitrogens with zero attached hydrogens (tertiary/aromatic N) is 1. The Morgan fingerprint density at radius 1 is 1.60 bits per heavy atom. The highest BCUT2D eigenvalue weighted by Gasteiger charge is 2.22. The summed E-state index contributed by atoms with van der Waals surface area (Å²) in [4.78, 5) is 18.2. The first kappa shape index (κ1) is 10.6. The van der Waals surface area contributed by atoms with E-state index in [0.717, 1.165) is 36.2 Å². The van der Waals surface area contributed by atoms with E-state index >= 15 is 0 Å². The first-order valence-corrected chi connectivity index (χ1v) is 6.22. The Hall–Kier alpha value is -0.870. The third kappa shape index (κ3) is 2.21. The van der Waals surface area contributed by atoms with Crippen molar-refractivity contribution in [3.63, 3.8) is 0 Å². The van der Waals surface area contributed by atoms with Gasteiger partial charge in [-0.05, 0) is 36.3 Å². The second kappa shape index (κ2) is 4.77. The van der Waals surface area contributed by atoms with Crippen molar-refractivity contribution in [1.29, 1.82) is 0 Å². The third-order valence-electron chi connectivity index (χ3n) is 2.55. The molecule has 0 bridgehead atoms. The van der Waals surface area contributed by atoms with Crippen LogP contribution in [0, 0.1) is 0 Å². The fourth-order valence-corrected chi connectivity index (χ4v) is 2.61. The lowest BCUT2D eigenvalue weighted by Gasteiger charge is -2.25. The second-order valence-electron chi connectivity index (χ2n) is 3.58. The van der Waals surface area contributed by atoms with Crippen LogP contribution in [0.5, 0.6) is 0 Å². The van der Waals surface area contributed by atoms with Crippen LogP contribution in [0.25, 0.3) is 0 Å². The zero-order valence-corrected chi connectivity index (χ0v) is 9.68. The molecule has 2 heterocycles. The number of thiophene rings is 1. The van der Waals surface area contributed by atoms with Crippen molar-refractivity contribution in [1.82, 2.24) is 5.06 Å². The van der Waals surface area contributed by atoms with Crippen LogP contribution in [-0.2, 0) is 11.3 Å². The summed E-state index contributed by atoms with van der Waals surface area (Å²) in [7, 11) is 0. The predicted octanol–water partition coefficient (Wildman–Crippen LogP) is 2.48. The van der Waals surface area contributed by atoms with Gasteiger partial charge in [0.05, 0.1) is 11.5 Å². The lowest BCUT2D eigenvalue weighted by molar-refractivity contribution is -0.144. The maximum Gasteiger partial charge on any atom is 0.287 e. The van der Waals surface area contributed by atoms with Gasteiger partial charge in [-0.15, -0.1) is 11.3 Å². The largest absolute Gasteiger partial charge is 0.287 e. The van der Waals surface area contributed by atoms with Crippen LogP contribution in [-0.4, -0.2) is 24.1 Å². The number of rotatable bonds is 2. The Morgan fingerprint density at radius 3 is 3.13 bits per heavy atom. The number of carbonyl (C=O) groups is 1. The van der Waals surface area contributed by atoms with Gasteiger partial charge in [0.2, 0.25) is 0 Å². The van der Waals surface area contributed by atoms with E-state index in [1.165, 1.54) is 16.4 Å². The van der Waals surface area contributed by atoms with Gasteiger partial charge in [0.25, 0.3) is 5.91 Å². The Morgan fingerprint density at radius 2 is 2.47 bits per heavy atom. The van der Waals surface area contributed by atoms with Crippen molar-refractivity contribution in [2.45, 2.75) is 26.2 Å². The molecule has 0 N–H and O–H groups in total. The number of hydroxylamine groups is 2. The van der Waals surface area contributed by atoms with E-state index in [1.807, 2.05) is 11.4 Å². The molecule has 1 amide bonds. The predicted molar refractivity (Wildman–Crippen MR) is 59.9 cm³/mol. The van der Waals surface area contributed by atoms with Crippen molar-refractivity contribution in [2.75, 3.05) is 13.2 Å². The number of amides is 1. The van der Waals surface area contributed by atoms with E-state index in [2.05, 4.69) is 6.92 Å². The number of hydrogen-bond acceptors (Lipinski definition) is 3. The molecule has 4 heteroatoms. The van der Waals surface area contributed by atoms with E-state index < -0.39 is 0 Å². The molecule has 1 aromatic rings. The molecule has 0 aromatic carbocycles. The molecule has 15 heavy (non-hydrogen) atoms. The third-order valence-corrected chi connectivity index (χ3v) is 3.50. The normalized spacial score (nSPS) is 16.7. The molecule has 1 aliphatic heterocycles. The highest BCUT2D eigenvalue weighted by molar-refractivity contribution is 7.12. The Balaban J connectivity index is 2.12. The van der Waals surface area contributed by atoms with Gasteiger partial charge < -0.3 is 0 Å². The molecule has 0 unspecified atom stereocenters. The minimum absolute atomic E-state index is 0.0292.